The van der Waals surface area contributed by atoms with Gasteiger partial charge in [-0.2, -0.15) is 0 Å². The predicted octanol–water partition coefficient (Wildman–Crippen LogP) is 7.06. The normalized spacial score (nSPS) is 11.3. The van der Waals surface area contributed by atoms with Crippen LogP contribution in [0.5, 0.6) is 17.2 Å². The van der Waals surface area contributed by atoms with Gasteiger partial charge in [0.15, 0.2) is 0 Å². The molecule has 0 atom stereocenters. The molecule has 0 aliphatic carbocycles. The minimum atomic E-state index is -1.66. The molecule has 0 bridgehead atoms. The maximum absolute atomic E-state index is 6.26. The Hall–Kier alpha value is -2.51. The van der Waals surface area contributed by atoms with Crippen LogP contribution >= 0.6 is 8.60 Å². The summed E-state index contributed by atoms with van der Waals surface area (Å²) in [4.78, 5) is 0. The zero-order valence-electron chi connectivity index (χ0n) is 16.2. The Kier molecular flexibility index (Phi) is 6.03. The molecule has 0 radical (unpaired) electrons. The lowest BCUT2D eigenvalue weighted by Gasteiger charge is -2.25. The smallest absolute Gasteiger partial charge is 0.409 e. The van der Waals surface area contributed by atoms with Crippen molar-refractivity contribution in [2.75, 3.05) is 0 Å². The first-order chi connectivity index (χ1) is 12.9. The average molecular weight is 380 g/mol. The van der Waals surface area contributed by atoms with Gasteiger partial charge in [0, 0.05) is 5.56 Å². The minimum absolute atomic E-state index is 0.0537. The second kappa shape index (κ2) is 8.45. The molecule has 0 unspecified atom stereocenters. The van der Waals surface area contributed by atoms with Gasteiger partial charge in [-0.15, -0.1) is 0 Å². The Morgan fingerprint density at radius 1 is 0.667 bits per heavy atom. The van der Waals surface area contributed by atoms with Crippen molar-refractivity contribution in [3.63, 3.8) is 0 Å². The summed E-state index contributed by atoms with van der Waals surface area (Å²) in [5.74, 6) is 2.21. The van der Waals surface area contributed by atoms with E-state index in [-0.39, 0.29) is 5.41 Å². The molecule has 3 aromatic carbocycles. The monoisotopic (exact) mass is 380 g/mol. The molecule has 0 amide bonds. The number of benzene rings is 3. The van der Waals surface area contributed by atoms with Crippen molar-refractivity contribution < 1.29 is 13.6 Å². The van der Waals surface area contributed by atoms with Gasteiger partial charge in [0.1, 0.15) is 17.2 Å². The highest BCUT2D eigenvalue weighted by Gasteiger charge is 2.25. The van der Waals surface area contributed by atoms with E-state index in [1.165, 1.54) is 5.56 Å². The van der Waals surface area contributed by atoms with E-state index in [9.17, 15) is 0 Å². The van der Waals surface area contributed by atoms with E-state index >= 15 is 0 Å². The zero-order valence-corrected chi connectivity index (χ0v) is 17.1. The largest absolute Gasteiger partial charge is 0.530 e. The Morgan fingerprint density at radius 2 is 1.19 bits per heavy atom. The molecule has 0 N–H and O–H groups in total. The molecular formula is C23H25O3P. The summed E-state index contributed by atoms with van der Waals surface area (Å²) in [6, 6.07) is 25.4. The fourth-order valence-corrected chi connectivity index (χ4v) is 3.60. The number of hydrogen-bond donors (Lipinski definition) is 0. The molecule has 3 rings (SSSR count). The van der Waals surface area contributed by atoms with Gasteiger partial charge in [-0.05, 0) is 42.7 Å². The third-order valence-electron chi connectivity index (χ3n) is 3.96. The van der Waals surface area contributed by atoms with E-state index < -0.39 is 8.60 Å². The molecule has 4 heteroatoms. The van der Waals surface area contributed by atoms with Crippen LogP contribution in [0.1, 0.15) is 31.9 Å². The maximum atomic E-state index is 6.26. The lowest BCUT2D eigenvalue weighted by Crippen LogP contribution is -2.14. The summed E-state index contributed by atoms with van der Waals surface area (Å²) >= 11 is 0. The van der Waals surface area contributed by atoms with E-state index in [2.05, 4.69) is 33.8 Å². The van der Waals surface area contributed by atoms with Gasteiger partial charge in [0.25, 0.3) is 0 Å². The summed E-state index contributed by atoms with van der Waals surface area (Å²) < 4.78 is 18.3. The van der Waals surface area contributed by atoms with Gasteiger partial charge < -0.3 is 13.6 Å². The maximum Gasteiger partial charge on any atom is 0.530 e. The van der Waals surface area contributed by atoms with Crippen LogP contribution < -0.4 is 13.6 Å². The van der Waals surface area contributed by atoms with Crippen LogP contribution in [0.2, 0.25) is 0 Å². The number of rotatable bonds is 6. The second-order valence-electron chi connectivity index (χ2n) is 7.37. The number of aryl methyl sites for hydroxylation is 1. The highest BCUT2D eigenvalue weighted by Crippen LogP contribution is 2.45. The van der Waals surface area contributed by atoms with Crippen molar-refractivity contribution in [2.45, 2.75) is 33.1 Å². The van der Waals surface area contributed by atoms with Gasteiger partial charge in [-0.1, -0.05) is 74.9 Å². The van der Waals surface area contributed by atoms with Gasteiger partial charge >= 0.3 is 8.60 Å². The average Bonchev–Trinajstić information content (AvgIpc) is 2.64. The fourth-order valence-electron chi connectivity index (χ4n) is 2.58. The lowest BCUT2D eigenvalue weighted by molar-refractivity contribution is 0.382. The molecule has 140 valence electrons. The van der Waals surface area contributed by atoms with Crippen LogP contribution in [0.15, 0.2) is 78.9 Å². The van der Waals surface area contributed by atoms with Crippen LogP contribution in [0.25, 0.3) is 0 Å². The van der Waals surface area contributed by atoms with E-state index in [0.29, 0.717) is 11.5 Å². The van der Waals surface area contributed by atoms with Gasteiger partial charge in [-0.3, -0.25) is 0 Å². The van der Waals surface area contributed by atoms with Gasteiger partial charge in [0.05, 0.1) is 0 Å². The molecule has 0 aliphatic rings. The van der Waals surface area contributed by atoms with Gasteiger partial charge in [0.2, 0.25) is 0 Å². The third-order valence-corrected chi connectivity index (χ3v) is 5.03. The van der Waals surface area contributed by atoms with Crippen LogP contribution in [0.4, 0.5) is 0 Å². The number of hydrogen-bond acceptors (Lipinski definition) is 3. The van der Waals surface area contributed by atoms with Crippen LogP contribution in [-0.2, 0) is 5.41 Å². The quantitative estimate of drug-likeness (QED) is 0.429. The van der Waals surface area contributed by atoms with Crippen molar-refractivity contribution in [3.8, 4) is 17.2 Å². The second-order valence-corrected chi connectivity index (χ2v) is 8.37. The first-order valence-corrected chi connectivity index (χ1v) is 10.1. The SMILES string of the molecule is Cc1ccc(OP(Oc2ccccc2)Oc2ccccc2)c(C(C)(C)C)c1. The van der Waals surface area contributed by atoms with Crippen molar-refractivity contribution in [2.24, 2.45) is 0 Å². The molecule has 0 saturated heterocycles. The molecule has 0 aromatic heterocycles. The highest BCUT2D eigenvalue weighted by molar-refractivity contribution is 7.43. The molecule has 3 aromatic rings. The molecule has 27 heavy (non-hydrogen) atoms. The first kappa shape index (κ1) is 19.3. The summed E-state index contributed by atoms with van der Waals surface area (Å²) in [5, 5.41) is 0. The molecule has 0 aliphatic heterocycles. The van der Waals surface area contributed by atoms with Crippen LogP contribution in [-0.4, -0.2) is 0 Å². The van der Waals surface area contributed by atoms with E-state index in [4.69, 9.17) is 13.6 Å². The standard InChI is InChI=1S/C23H25O3P/c1-18-15-16-22(21(17-18)23(2,3)4)26-27(24-19-11-7-5-8-12-19)25-20-13-9-6-10-14-20/h5-17H,1-4H3. The van der Waals surface area contributed by atoms with Crippen molar-refractivity contribution in [1.29, 1.82) is 0 Å². The Morgan fingerprint density at radius 3 is 1.67 bits per heavy atom. The molecule has 0 heterocycles. The number of para-hydroxylation sites is 2. The third kappa shape index (κ3) is 5.48. The summed E-state index contributed by atoms with van der Waals surface area (Å²) in [7, 11) is -1.66. The molecule has 3 nitrogen and oxygen atoms in total. The minimum Gasteiger partial charge on any atom is -0.409 e. The molecular weight excluding hydrogens is 355 g/mol. The summed E-state index contributed by atoms with van der Waals surface area (Å²) in [5.41, 5.74) is 2.27. The van der Waals surface area contributed by atoms with E-state index in [1.54, 1.807) is 0 Å². The van der Waals surface area contributed by atoms with Crippen LogP contribution in [0.3, 0.4) is 0 Å². The molecule has 0 fully saturated rings. The fraction of sp³-hybridized carbons (Fsp3) is 0.217. The Balaban J connectivity index is 1.89. The van der Waals surface area contributed by atoms with Crippen LogP contribution in [0, 0.1) is 6.92 Å². The first-order valence-electron chi connectivity index (χ1n) is 8.97. The highest BCUT2D eigenvalue weighted by atomic mass is 31.2. The Bertz CT molecular complexity index is 816. The van der Waals surface area contributed by atoms with Gasteiger partial charge in [-0.25, -0.2) is 0 Å². The summed E-state index contributed by atoms with van der Waals surface area (Å²) in [6.45, 7) is 8.61. The van der Waals surface area contributed by atoms with E-state index in [0.717, 1.165) is 11.3 Å². The topological polar surface area (TPSA) is 27.7 Å². The summed E-state index contributed by atoms with van der Waals surface area (Å²) in [6.07, 6.45) is 0. The molecule has 0 saturated carbocycles. The van der Waals surface area contributed by atoms with E-state index in [1.807, 2.05) is 72.8 Å². The zero-order chi connectivity index (χ0) is 19.3. The lowest BCUT2D eigenvalue weighted by atomic mass is 9.85. The van der Waals surface area contributed by atoms with Crippen molar-refractivity contribution in [1.82, 2.24) is 0 Å². The molecule has 0 spiro atoms. The van der Waals surface area contributed by atoms with Crippen molar-refractivity contribution in [3.05, 3.63) is 90.0 Å². The predicted molar refractivity (Wildman–Crippen MR) is 112 cm³/mol. The Labute approximate surface area is 162 Å². The van der Waals surface area contributed by atoms with Crippen molar-refractivity contribution >= 4 is 8.60 Å².